The van der Waals surface area contributed by atoms with Crippen LogP contribution in [0.15, 0.2) is 79.0 Å². The van der Waals surface area contributed by atoms with Crippen LogP contribution < -0.4 is 10.6 Å². The molecule has 1 atom stereocenters. The molecule has 6 rings (SSSR count). The summed E-state index contributed by atoms with van der Waals surface area (Å²) in [6.07, 6.45) is 10.7. The third kappa shape index (κ3) is 5.56. The first-order valence-corrected chi connectivity index (χ1v) is 13.9. The first kappa shape index (κ1) is 24.1. The van der Waals surface area contributed by atoms with Crippen molar-refractivity contribution in [2.24, 2.45) is 0 Å². The Balaban J connectivity index is 1.15. The van der Waals surface area contributed by atoms with Gasteiger partial charge >= 0.3 is 0 Å². The molecule has 1 unspecified atom stereocenters. The number of benzene rings is 3. The second kappa shape index (κ2) is 11.0. The summed E-state index contributed by atoms with van der Waals surface area (Å²) in [5.74, 6) is 0.897. The van der Waals surface area contributed by atoms with Gasteiger partial charge in [-0.3, -0.25) is 0 Å². The van der Waals surface area contributed by atoms with Gasteiger partial charge in [0.25, 0.3) is 0 Å². The molecule has 5 heteroatoms. The van der Waals surface area contributed by atoms with Gasteiger partial charge in [0.2, 0.25) is 5.95 Å². The average Bonchev–Trinajstić information content (AvgIpc) is 2.95. The van der Waals surface area contributed by atoms with E-state index in [1.165, 1.54) is 59.9 Å². The molecule has 2 N–H and O–H groups in total. The summed E-state index contributed by atoms with van der Waals surface area (Å²) in [5.41, 5.74) is 8.28. The summed E-state index contributed by atoms with van der Waals surface area (Å²) in [6.45, 7) is 1.04. The van der Waals surface area contributed by atoms with Gasteiger partial charge in [0, 0.05) is 34.4 Å². The molecule has 2 aliphatic rings. The van der Waals surface area contributed by atoms with Crippen LogP contribution in [0.25, 0.3) is 11.3 Å². The second-order valence-corrected chi connectivity index (χ2v) is 10.8. The van der Waals surface area contributed by atoms with Gasteiger partial charge in [-0.2, -0.15) is 0 Å². The fourth-order valence-corrected chi connectivity index (χ4v) is 5.93. The Kier molecular flexibility index (Phi) is 7.20. The Hall–Kier alpha value is -3.21. The van der Waals surface area contributed by atoms with Gasteiger partial charge in [-0.15, -0.1) is 0 Å². The highest BCUT2D eigenvalue weighted by Crippen LogP contribution is 2.42. The Morgan fingerprint density at radius 2 is 1.65 bits per heavy atom. The normalized spacial score (nSPS) is 17.2. The van der Waals surface area contributed by atoms with Crippen molar-refractivity contribution in [1.82, 2.24) is 15.3 Å². The minimum Gasteiger partial charge on any atom is -0.324 e. The zero-order valence-electron chi connectivity index (χ0n) is 21.1. The molecule has 0 amide bonds. The lowest BCUT2D eigenvalue weighted by atomic mass is 9.78. The van der Waals surface area contributed by atoms with E-state index >= 15 is 0 Å². The van der Waals surface area contributed by atoms with Crippen LogP contribution >= 0.6 is 11.6 Å². The monoisotopic (exact) mass is 508 g/mol. The highest BCUT2D eigenvalue weighted by molar-refractivity contribution is 6.30. The molecule has 0 aliphatic heterocycles. The van der Waals surface area contributed by atoms with Gasteiger partial charge in [-0.05, 0) is 78.7 Å². The average molecular weight is 509 g/mol. The van der Waals surface area contributed by atoms with Gasteiger partial charge in [-0.25, -0.2) is 9.97 Å². The molecule has 0 saturated heterocycles. The molecule has 1 fully saturated rings. The summed E-state index contributed by atoms with van der Waals surface area (Å²) in [4.78, 5) is 9.64. The number of hydrogen-bond donors (Lipinski definition) is 2. The molecule has 0 bridgehead atoms. The molecular weight excluding hydrogens is 476 g/mol. The maximum Gasteiger partial charge on any atom is 0.227 e. The molecule has 3 aromatic carbocycles. The van der Waals surface area contributed by atoms with Gasteiger partial charge in [0.05, 0.1) is 5.69 Å². The Bertz CT molecular complexity index is 1340. The van der Waals surface area contributed by atoms with Crippen molar-refractivity contribution in [2.75, 3.05) is 11.9 Å². The van der Waals surface area contributed by atoms with Gasteiger partial charge in [-0.1, -0.05) is 79.4 Å². The van der Waals surface area contributed by atoms with Crippen LogP contribution in [-0.2, 0) is 12.8 Å². The van der Waals surface area contributed by atoms with E-state index in [1.54, 1.807) is 0 Å². The van der Waals surface area contributed by atoms with E-state index in [4.69, 9.17) is 16.6 Å². The maximum absolute atomic E-state index is 6.15. The van der Waals surface area contributed by atoms with Gasteiger partial charge < -0.3 is 10.6 Å². The minimum absolute atomic E-state index is 0.267. The summed E-state index contributed by atoms with van der Waals surface area (Å²) in [5, 5.41) is 7.91. The molecule has 37 heavy (non-hydrogen) atoms. The quantitative estimate of drug-likeness (QED) is 0.268. The van der Waals surface area contributed by atoms with Crippen molar-refractivity contribution in [2.45, 2.75) is 56.9 Å². The SMILES string of the molecule is Clc1ccc(C2Cc3cnc(Nc4ccc(CCNC5CCCCC5)cc4)nc3-c3ccccc32)cc1. The molecule has 2 aliphatic carbocycles. The molecule has 4 nitrogen and oxygen atoms in total. The van der Waals surface area contributed by atoms with E-state index in [9.17, 15) is 0 Å². The summed E-state index contributed by atoms with van der Waals surface area (Å²) in [7, 11) is 0. The van der Waals surface area contributed by atoms with E-state index in [1.807, 2.05) is 18.3 Å². The van der Waals surface area contributed by atoms with Crippen molar-refractivity contribution in [3.8, 4) is 11.3 Å². The number of fused-ring (bicyclic) bond motifs is 3. The number of halogens is 1. The molecule has 0 radical (unpaired) electrons. The third-order valence-corrected chi connectivity index (χ3v) is 8.07. The molecule has 4 aromatic rings. The minimum atomic E-state index is 0.267. The Labute approximate surface area is 224 Å². The molecule has 188 valence electrons. The zero-order chi connectivity index (χ0) is 25.0. The highest BCUT2D eigenvalue weighted by Gasteiger charge is 2.27. The van der Waals surface area contributed by atoms with Crippen molar-refractivity contribution >= 4 is 23.2 Å². The van der Waals surface area contributed by atoms with Crippen molar-refractivity contribution in [3.05, 3.63) is 106 Å². The zero-order valence-corrected chi connectivity index (χ0v) is 21.8. The molecule has 1 aromatic heterocycles. The summed E-state index contributed by atoms with van der Waals surface area (Å²) < 4.78 is 0. The topological polar surface area (TPSA) is 49.8 Å². The van der Waals surface area contributed by atoms with Crippen LogP contribution in [0.5, 0.6) is 0 Å². The van der Waals surface area contributed by atoms with Crippen molar-refractivity contribution in [1.29, 1.82) is 0 Å². The summed E-state index contributed by atoms with van der Waals surface area (Å²) >= 11 is 6.15. The van der Waals surface area contributed by atoms with E-state index < -0.39 is 0 Å². The first-order chi connectivity index (χ1) is 18.2. The van der Waals surface area contributed by atoms with Crippen LogP contribution in [0.3, 0.4) is 0 Å². The Morgan fingerprint density at radius 3 is 2.46 bits per heavy atom. The lowest BCUT2D eigenvalue weighted by Crippen LogP contribution is -2.32. The standard InChI is InChI=1S/C32H33ClN4/c33-25-14-12-23(13-15-25)30-20-24-21-35-32(37-31(24)29-9-5-4-8-28(29)30)36-27-16-10-22(11-17-27)18-19-34-26-6-2-1-3-7-26/h4-5,8-17,21,26,30,34H,1-3,6-7,18-20H2,(H,35,36,37). The molecule has 0 spiro atoms. The number of hydrogen-bond acceptors (Lipinski definition) is 4. The Morgan fingerprint density at radius 1 is 0.865 bits per heavy atom. The fraction of sp³-hybridized carbons (Fsp3) is 0.312. The largest absolute Gasteiger partial charge is 0.324 e. The van der Waals surface area contributed by atoms with Crippen molar-refractivity contribution < 1.29 is 0 Å². The van der Waals surface area contributed by atoms with Gasteiger partial charge in [0.1, 0.15) is 0 Å². The third-order valence-electron chi connectivity index (χ3n) is 7.81. The smallest absolute Gasteiger partial charge is 0.227 e. The predicted molar refractivity (Wildman–Crippen MR) is 153 cm³/mol. The van der Waals surface area contributed by atoms with Gasteiger partial charge in [0.15, 0.2) is 0 Å². The predicted octanol–water partition coefficient (Wildman–Crippen LogP) is 7.69. The highest BCUT2D eigenvalue weighted by atomic mass is 35.5. The van der Waals surface area contributed by atoms with Crippen molar-refractivity contribution in [3.63, 3.8) is 0 Å². The van der Waals surface area contributed by atoms with E-state index in [-0.39, 0.29) is 5.92 Å². The number of aromatic nitrogens is 2. The molecular formula is C32H33ClN4. The van der Waals surface area contributed by atoms with E-state index in [2.05, 4.69) is 76.3 Å². The van der Waals surface area contributed by atoms with E-state index in [0.29, 0.717) is 12.0 Å². The van der Waals surface area contributed by atoms with Crippen LogP contribution in [0.2, 0.25) is 5.02 Å². The molecule has 1 heterocycles. The lowest BCUT2D eigenvalue weighted by molar-refractivity contribution is 0.375. The maximum atomic E-state index is 6.15. The number of rotatable bonds is 7. The number of anilines is 2. The lowest BCUT2D eigenvalue weighted by Gasteiger charge is -2.27. The fourth-order valence-electron chi connectivity index (χ4n) is 5.80. The van der Waals surface area contributed by atoms with E-state index in [0.717, 1.165) is 35.8 Å². The van der Waals surface area contributed by atoms with Crippen LogP contribution in [0.1, 0.15) is 60.3 Å². The second-order valence-electron chi connectivity index (χ2n) is 10.3. The number of nitrogens with zero attached hydrogens (tertiary/aromatic N) is 2. The van der Waals surface area contributed by atoms with Crippen LogP contribution in [0, 0.1) is 0 Å². The first-order valence-electron chi connectivity index (χ1n) is 13.5. The molecule has 1 saturated carbocycles. The summed E-state index contributed by atoms with van der Waals surface area (Å²) in [6, 6.07) is 26.2. The van der Waals surface area contributed by atoms with Crippen LogP contribution in [-0.4, -0.2) is 22.6 Å². The van der Waals surface area contributed by atoms with Crippen LogP contribution in [0.4, 0.5) is 11.6 Å². The number of nitrogens with one attached hydrogen (secondary N) is 2.